The van der Waals surface area contributed by atoms with Gasteiger partial charge in [0.15, 0.2) is 6.10 Å². The highest BCUT2D eigenvalue weighted by Crippen LogP contribution is 2.39. The average Bonchev–Trinajstić information content (AvgIpc) is 3.52. The number of rotatable bonds is 5. The van der Waals surface area contributed by atoms with Crippen molar-refractivity contribution in [1.82, 2.24) is 14.5 Å². The highest BCUT2D eigenvalue weighted by molar-refractivity contribution is 9.11. The third-order valence-electron chi connectivity index (χ3n) is 6.32. The third kappa shape index (κ3) is 5.43. The lowest BCUT2D eigenvalue weighted by Crippen LogP contribution is -2.41. The molecule has 0 aliphatic carbocycles. The molecule has 12 heteroatoms. The first-order valence-electron chi connectivity index (χ1n) is 11.3. The van der Waals surface area contributed by atoms with Crippen molar-refractivity contribution in [2.75, 3.05) is 13.1 Å². The summed E-state index contributed by atoms with van der Waals surface area (Å²) < 4.78 is 2.57. The molecular formula is C24H20Br2Cl2N4O3S. The van der Waals surface area contributed by atoms with E-state index in [0.717, 1.165) is 39.3 Å². The Morgan fingerprint density at radius 2 is 1.92 bits per heavy atom. The summed E-state index contributed by atoms with van der Waals surface area (Å²) in [6.07, 6.45) is 3.48. The van der Waals surface area contributed by atoms with Crippen molar-refractivity contribution in [3.05, 3.63) is 81.5 Å². The highest BCUT2D eigenvalue weighted by atomic mass is 79.9. The first-order valence-corrected chi connectivity index (χ1v) is 14.5. The molecule has 1 atom stereocenters. The van der Waals surface area contributed by atoms with Crippen LogP contribution in [0.15, 0.2) is 54.7 Å². The van der Waals surface area contributed by atoms with Crippen LogP contribution >= 0.6 is 66.4 Å². The lowest BCUT2D eigenvalue weighted by Gasteiger charge is -2.31. The molecule has 2 aromatic heterocycles. The van der Waals surface area contributed by atoms with Crippen LogP contribution in [0.5, 0.6) is 0 Å². The van der Waals surface area contributed by atoms with Gasteiger partial charge in [-0.3, -0.25) is 9.59 Å². The smallest absolute Gasteiger partial charge is 0.265 e. The Balaban J connectivity index is 1.18. The van der Waals surface area contributed by atoms with Crippen molar-refractivity contribution >= 4 is 78.0 Å². The quantitative estimate of drug-likeness (QED) is 0.314. The maximum atomic E-state index is 12.8. The van der Waals surface area contributed by atoms with E-state index >= 15 is 0 Å². The molecule has 1 unspecified atom stereocenters. The zero-order chi connectivity index (χ0) is 25.4. The number of carbonyl (C=O) groups is 1. The van der Waals surface area contributed by atoms with Gasteiger partial charge in [0, 0.05) is 57.1 Å². The van der Waals surface area contributed by atoms with Gasteiger partial charge in [0.05, 0.1) is 15.2 Å². The number of pyridine rings is 1. The molecule has 1 aromatic carbocycles. The van der Waals surface area contributed by atoms with E-state index in [2.05, 4.69) is 37.0 Å². The number of halogens is 4. The molecule has 1 saturated heterocycles. The summed E-state index contributed by atoms with van der Waals surface area (Å²) in [6, 6.07) is 7.05. The molecule has 3 aromatic rings. The normalized spacial score (nSPS) is 18.3. The summed E-state index contributed by atoms with van der Waals surface area (Å²) in [6.45, 7) is 1.26. The number of hydrogen-bond acceptors (Lipinski definition) is 6. The van der Waals surface area contributed by atoms with Gasteiger partial charge in [-0.05, 0) is 62.9 Å². The number of likely N-dealkylation sites (tertiary alicyclic amines) is 1. The fourth-order valence-corrected chi connectivity index (χ4v) is 7.31. The lowest BCUT2D eigenvalue weighted by molar-refractivity contribution is -0.132. The number of piperidine rings is 1. The molecular weight excluding hydrogens is 655 g/mol. The molecule has 1 fully saturated rings. The standard InChI is InChI=1S/C24H20Br2Cl2N4O3S/c25-14-8-15(26)24(34)32(10-14)11-21(33)31-6-4-13(5-7-31)23-29-19(12-36-23)18-9-20(35-30-18)22-16(27)2-1-3-17(22)28/h1-3,8,10,12-13,20H,4-7,9,11H2. The van der Waals surface area contributed by atoms with Crippen molar-refractivity contribution in [2.45, 2.75) is 37.8 Å². The maximum Gasteiger partial charge on any atom is 0.265 e. The number of thiazole rings is 1. The number of carbonyl (C=O) groups excluding carboxylic acids is 1. The number of aromatic nitrogens is 2. The molecule has 0 spiro atoms. The van der Waals surface area contributed by atoms with Crippen LogP contribution < -0.4 is 5.56 Å². The largest absolute Gasteiger partial charge is 0.387 e. The molecule has 188 valence electrons. The number of hydrogen-bond donors (Lipinski definition) is 0. The van der Waals surface area contributed by atoms with Crippen molar-refractivity contribution in [2.24, 2.45) is 5.16 Å². The summed E-state index contributed by atoms with van der Waals surface area (Å²) in [4.78, 5) is 37.4. The van der Waals surface area contributed by atoms with Gasteiger partial charge in [-0.2, -0.15) is 0 Å². The molecule has 5 rings (SSSR count). The predicted octanol–water partition coefficient (Wildman–Crippen LogP) is 6.41. The molecule has 0 radical (unpaired) electrons. The summed E-state index contributed by atoms with van der Waals surface area (Å²) in [5.74, 6) is 0.203. The zero-order valence-electron chi connectivity index (χ0n) is 18.8. The minimum absolute atomic E-state index is 0.0133. The fraction of sp³-hybridized carbons (Fsp3) is 0.333. The van der Waals surface area contributed by atoms with E-state index in [-0.39, 0.29) is 30.0 Å². The van der Waals surface area contributed by atoms with E-state index in [1.54, 1.807) is 41.8 Å². The van der Waals surface area contributed by atoms with Crippen LogP contribution in [0.3, 0.4) is 0 Å². The SMILES string of the molecule is O=C(Cn1cc(Br)cc(Br)c1=O)N1CCC(c2nc(C3=NOC(c4c(Cl)cccc4Cl)C3)cs2)CC1. The summed E-state index contributed by atoms with van der Waals surface area (Å²) in [5.41, 5.74) is 2.09. The number of benzene rings is 1. The molecule has 2 aliphatic rings. The van der Waals surface area contributed by atoms with E-state index in [4.69, 9.17) is 33.0 Å². The van der Waals surface area contributed by atoms with Crippen LogP contribution in [0.2, 0.25) is 10.0 Å². The molecule has 36 heavy (non-hydrogen) atoms. The van der Waals surface area contributed by atoms with Gasteiger partial charge in [-0.25, -0.2) is 4.98 Å². The third-order valence-corrected chi connectivity index (χ3v) is 8.99. The van der Waals surface area contributed by atoms with Crippen LogP contribution in [0.25, 0.3) is 0 Å². The second-order valence-corrected chi connectivity index (χ2v) is 12.1. The Bertz CT molecular complexity index is 1380. The van der Waals surface area contributed by atoms with E-state index < -0.39 is 0 Å². The molecule has 0 bridgehead atoms. The minimum atomic E-state index is -0.334. The summed E-state index contributed by atoms with van der Waals surface area (Å²) in [7, 11) is 0. The highest BCUT2D eigenvalue weighted by Gasteiger charge is 2.30. The van der Waals surface area contributed by atoms with Crippen molar-refractivity contribution in [1.29, 1.82) is 0 Å². The van der Waals surface area contributed by atoms with Crippen molar-refractivity contribution < 1.29 is 9.63 Å². The zero-order valence-corrected chi connectivity index (χ0v) is 24.3. The Hall–Kier alpha value is -1.72. The Morgan fingerprint density at radius 3 is 2.64 bits per heavy atom. The van der Waals surface area contributed by atoms with E-state index in [1.807, 2.05) is 10.3 Å². The summed E-state index contributed by atoms with van der Waals surface area (Å²) in [5, 5.41) is 8.41. The van der Waals surface area contributed by atoms with Gasteiger partial charge in [-0.15, -0.1) is 11.3 Å². The van der Waals surface area contributed by atoms with Gasteiger partial charge in [0.25, 0.3) is 5.56 Å². The molecule has 7 nitrogen and oxygen atoms in total. The second kappa shape index (κ2) is 10.9. The Kier molecular flexibility index (Phi) is 7.88. The topological polar surface area (TPSA) is 76.8 Å². The van der Waals surface area contributed by atoms with Crippen molar-refractivity contribution in [3.8, 4) is 0 Å². The maximum absolute atomic E-state index is 12.8. The number of nitrogens with zero attached hydrogens (tertiary/aromatic N) is 4. The van der Waals surface area contributed by atoms with Crippen molar-refractivity contribution in [3.63, 3.8) is 0 Å². The average molecular weight is 675 g/mol. The van der Waals surface area contributed by atoms with E-state index in [0.29, 0.717) is 34.0 Å². The fourth-order valence-electron chi connectivity index (χ4n) is 4.41. The monoisotopic (exact) mass is 672 g/mol. The first-order chi connectivity index (χ1) is 17.3. The molecule has 0 saturated carbocycles. The Morgan fingerprint density at radius 1 is 1.19 bits per heavy atom. The molecule has 1 amide bonds. The van der Waals surface area contributed by atoms with Crippen LogP contribution in [0, 0.1) is 0 Å². The molecule has 0 N–H and O–H groups in total. The molecule has 4 heterocycles. The van der Waals surface area contributed by atoms with Crippen LogP contribution in [0.1, 0.15) is 47.5 Å². The minimum Gasteiger partial charge on any atom is -0.387 e. The predicted molar refractivity (Wildman–Crippen MR) is 148 cm³/mol. The van der Waals surface area contributed by atoms with Crippen LogP contribution in [-0.2, 0) is 16.2 Å². The first kappa shape index (κ1) is 25.9. The van der Waals surface area contributed by atoms with Crippen LogP contribution in [-0.4, -0.2) is 39.2 Å². The summed E-state index contributed by atoms with van der Waals surface area (Å²) >= 11 is 20.9. The van der Waals surface area contributed by atoms with E-state index in [9.17, 15) is 9.59 Å². The van der Waals surface area contributed by atoms with E-state index in [1.165, 1.54) is 4.57 Å². The van der Waals surface area contributed by atoms with Gasteiger partial charge < -0.3 is 14.3 Å². The van der Waals surface area contributed by atoms with Gasteiger partial charge in [0.2, 0.25) is 5.91 Å². The van der Waals surface area contributed by atoms with Gasteiger partial charge in [0.1, 0.15) is 12.3 Å². The molecule has 2 aliphatic heterocycles. The second-order valence-electron chi connectivity index (χ2n) is 8.64. The van der Waals surface area contributed by atoms with Gasteiger partial charge in [-0.1, -0.05) is 34.4 Å². The lowest BCUT2D eigenvalue weighted by atomic mass is 9.97. The Labute approximate surface area is 238 Å². The number of amides is 1. The van der Waals surface area contributed by atoms with Crippen LogP contribution in [0.4, 0.5) is 0 Å². The van der Waals surface area contributed by atoms with Gasteiger partial charge >= 0.3 is 0 Å². The number of oxime groups is 1.